The summed E-state index contributed by atoms with van der Waals surface area (Å²) < 4.78 is 5.03. The number of carbonyl (C=O) groups excluding carboxylic acids is 1. The molecule has 1 rings (SSSR count). The minimum absolute atomic E-state index is 0.0148. The minimum atomic E-state index is -1.20. The average Bonchev–Trinajstić information content (AvgIpc) is 2.37. The van der Waals surface area contributed by atoms with Crippen LogP contribution in [0.1, 0.15) is 31.9 Å². The third-order valence-corrected chi connectivity index (χ3v) is 2.95. The lowest BCUT2D eigenvalue weighted by Crippen LogP contribution is -2.44. The van der Waals surface area contributed by atoms with Crippen molar-refractivity contribution in [3.63, 3.8) is 0 Å². The van der Waals surface area contributed by atoms with Crippen molar-refractivity contribution in [3.8, 4) is 6.07 Å². The number of carboxylic acids is 1. The van der Waals surface area contributed by atoms with Crippen LogP contribution in [0, 0.1) is 11.3 Å². The summed E-state index contributed by atoms with van der Waals surface area (Å²) in [7, 11) is 0. The van der Waals surface area contributed by atoms with Gasteiger partial charge in [0.1, 0.15) is 11.6 Å². The molecule has 7 heteroatoms. The molecule has 118 valence electrons. The van der Waals surface area contributed by atoms with Crippen molar-refractivity contribution in [2.45, 2.75) is 38.8 Å². The highest BCUT2D eigenvalue weighted by atomic mass is 35.5. The lowest BCUT2D eigenvalue weighted by molar-refractivity contribution is -0.139. The fraction of sp³-hybridized carbons (Fsp3) is 0.400. The molecule has 22 heavy (non-hydrogen) atoms. The SMILES string of the molecule is CC(C)(C)OC(=O)N[C@@H](Cc1ccc(C#N)cc1Cl)C(=O)O. The third kappa shape index (κ3) is 5.62. The maximum absolute atomic E-state index is 11.7. The number of rotatable bonds is 4. The lowest BCUT2D eigenvalue weighted by Gasteiger charge is -2.22. The molecule has 0 aromatic heterocycles. The van der Waals surface area contributed by atoms with Crippen molar-refractivity contribution in [1.29, 1.82) is 5.26 Å². The van der Waals surface area contributed by atoms with Crippen LogP contribution in [0.3, 0.4) is 0 Å². The molecule has 0 aliphatic rings. The Bertz CT molecular complexity index is 617. The summed E-state index contributed by atoms with van der Waals surface area (Å²) in [5.41, 5.74) is 0.170. The predicted octanol–water partition coefficient (Wildman–Crippen LogP) is 2.73. The molecule has 1 aromatic carbocycles. The second kappa shape index (κ2) is 7.14. The highest BCUT2D eigenvalue weighted by molar-refractivity contribution is 6.31. The molecule has 2 N–H and O–H groups in total. The number of amides is 1. The van der Waals surface area contributed by atoms with Gasteiger partial charge in [-0.3, -0.25) is 0 Å². The summed E-state index contributed by atoms with van der Waals surface area (Å²) >= 11 is 6.01. The van der Waals surface area contributed by atoms with Gasteiger partial charge in [0.05, 0.1) is 11.6 Å². The quantitative estimate of drug-likeness (QED) is 0.887. The first kappa shape index (κ1) is 17.8. The molecule has 6 nitrogen and oxygen atoms in total. The monoisotopic (exact) mass is 324 g/mol. The van der Waals surface area contributed by atoms with Crippen molar-refractivity contribution >= 4 is 23.7 Å². The van der Waals surface area contributed by atoms with E-state index in [1.807, 2.05) is 6.07 Å². The van der Waals surface area contributed by atoms with Crippen molar-refractivity contribution in [2.24, 2.45) is 0 Å². The molecule has 0 saturated carbocycles. The van der Waals surface area contributed by atoms with E-state index in [4.69, 9.17) is 21.6 Å². The Hall–Kier alpha value is -2.26. The van der Waals surface area contributed by atoms with E-state index in [0.29, 0.717) is 11.1 Å². The topological polar surface area (TPSA) is 99.4 Å². The first-order valence-electron chi connectivity index (χ1n) is 6.53. The molecule has 0 fully saturated rings. The molecule has 1 aromatic rings. The van der Waals surface area contributed by atoms with Crippen LogP contribution in [-0.4, -0.2) is 28.8 Å². The zero-order chi connectivity index (χ0) is 16.9. The second-order valence-corrected chi connectivity index (χ2v) is 6.07. The summed E-state index contributed by atoms with van der Waals surface area (Å²) in [4.78, 5) is 23.0. The summed E-state index contributed by atoms with van der Waals surface area (Å²) in [6.45, 7) is 5.04. The Morgan fingerprint density at radius 3 is 2.55 bits per heavy atom. The number of carbonyl (C=O) groups is 2. The third-order valence-electron chi connectivity index (χ3n) is 2.60. The van der Waals surface area contributed by atoms with Gasteiger partial charge in [0, 0.05) is 11.4 Å². The number of aliphatic carboxylic acids is 1. The van der Waals surface area contributed by atoms with Gasteiger partial charge in [0.15, 0.2) is 0 Å². The lowest BCUT2D eigenvalue weighted by atomic mass is 10.0. The summed E-state index contributed by atoms with van der Waals surface area (Å²) in [5, 5.41) is 20.5. The van der Waals surface area contributed by atoms with Crippen LogP contribution in [0.2, 0.25) is 5.02 Å². The molecule has 0 aliphatic heterocycles. The molecule has 1 atom stereocenters. The molecule has 0 bridgehead atoms. The Morgan fingerprint density at radius 1 is 1.45 bits per heavy atom. The van der Waals surface area contributed by atoms with Gasteiger partial charge in [-0.25, -0.2) is 9.59 Å². The van der Waals surface area contributed by atoms with Gasteiger partial charge >= 0.3 is 12.1 Å². The molecule has 0 heterocycles. The van der Waals surface area contributed by atoms with E-state index >= 15 is 0 Å². The number of ether oxygens (including phenoxy) is 1. The van der Waals surface area contributed by atoms with Crippen LogP contribution in [0.4, 0.5) is 4.79 Å². The van der Waals surface area contributed by atoms with Gasteiger partial charge in [0.2, 0.25) is 0 Å². The molecule has 0 aliphatic carbocycles. The molecule has 0 saturated heterocycles. The molecular weight excluding hydrogens is 308 g/mol. The zero-order valence-electron chi connectivity index (χ0n) is 12.5. The number of nitrogens with zero attached hydrogens (tertiary/aromatic N) is 1. The second-order valence-electron chi connectivity index (χ2n) is 5.66. The number of nitriles is 1. The normalized spacial score (nSPS) is 12.1. The molecule has 1 amide bonds. The van der Waals surface area contributed by atoms with E-state index in [0.717, 1.165) is 0 Å². The highest BCUT2D eigenvalue weighted by Gasteiger charge is 2.24. The summed E-state index contributed by atoms with van der Waals surface area (Å²) in [6, 6.07) is 5.30. The maximum Gasteiger partial charge on any atom is 0.408 e. The zero-order valence-corrected chi connectivity index (χ0v) is 13.3. The number of hydrogen-bond donors (Lipinski definition) is 2. The Morgan fingerprint density at radius 2 is 2.09 bits per heavy atom. The van der Waals surface area contributed by atoms with Gasteiger partial charge in [-0.05, 0) is 38.5 Å². The Balaban J connectivity index is 2.83. The van der Waals surface area contributed by atoms with Crippen LogP contribution >= 0.6 is 11.6 Å². The Kier molecular flexibility index (Phi) is 5.77. The first-order valence-corrected chi connectivity index (χ1v) is 6.91. The smallest absolute Gasteiger partial charge is 0.408 e. The maximum atomic E-state index is 11.7. The van der Waals surface area contributed by atoms with E-state index in [1.54, 1.807) is 26.8 Å². The number of carboxylic acid groups (broad SMARTS) is 1. The first-order chi connectivity index (χ1) is 10.1. The van der Waals surface area contributed by atoms with Crippen LogP contribution in [0.25, 0.3) is 0 Å². The molecule has 0 unspecified atom stereocenters. The fourth-order valence-corrected chi connectivity index (χ4v) is 1.91. The predicted molar refractivity (Wildman–Crippen MR) is 80.7 cm³/mol. The highest BCUT2D eigenvalue weighted by Crippen LogP contribution is 2.19. The molecule has 0 spiro atoms. The van der Waals surface area contributed by atoms with Gasteiger partial charge < -0.3 is 15.2 Å². The fourth-order valence-electron chi connectivity index (χ4n) is 1.65. The van der Waals surface area contributed by atoms with E-state index < -0.39 is 23.7 Å². The largest absolute Gasteiger partial charge is 0.480 e. The van der Waals surface area contributed by atoms with Crippen LogP contribution in [-0.2, 0) is 16.0 Å². The number of alkyl carbamates (subject to hydrolysis) is 1. The van der Waals surface area contributed by atoms with E-state index in [9.17, 15) is 14.7 Å². The number of halogens is 1. The van der Waals surface area contributed by atoms with Crippen LogP contribution in [0.15, 0.2) is 18.2 Å². The minimum Gasteiger partial charge on any atom is -0.480 e. The van der Waals surface area contributed by atoms with Gasteiger partial charge in [0.25, 0.3) is 0 Å². The number of hydrogen-bond acceptors (Lipinski definition) is 4. The number of benzene rings is 1. The van der Waals surface area contributed by atoms with Crippen molar-refractivity contribution in [1.82, 2.24) is 5.32 Å². The van der Waals surface area contributed by atoms with E-state index in [-0.39, 0.29) is 11.4 Å². The Labute approximate surface area is 133 Å². The summed E-state index contributed by atoms with van der Waals surface area (Å²) in [6.07, 6.45) is -0.830. The molecular formula is C15H17ClN2O4. The summed E-state index contributed by atoms with van der Waals surface area (Å²) in [5.74, 6) is -1.20. The van der Waals surface area contributed by atoms with Crippen LogP contribution < -0.4 is 5.32 Å². The molecule has 0 radical (unpaired) electrons. The van der Waals surface area contributed by atoms with Crippen LogP contribution in [0.5, 0.6) is 0 Å². The van der Waals surface area contributed by atoms with Gasteiger partial charge in [-0.2, -0.15) is 5.26 Å². The van der Waals surface area contributed by atoms with Crippen molar-refractivity contribution in [3.05, 3.63) is 34.3 Å². The van der Waals surface area contributed by atoms with Crippen molar-refractivity contribution < 1.29 is 19.4 Å². The average molecular weight is 325 g/mol. The van der Waals surface area contributed by atoms with E-state index in [1.165, 1.54) is 12.1 Å². The van der Waals surface area contributed by atoms with Gasteiger partial charge in [-0.15, -0.1) is 0 Å². The standard InChI is InChI=1S/C15H17ClN2O4/c1-15(2,3)22-14(21)18-12(13(19)20)7-10-5-4-9(8-17)6-11(10)16/h4-6,12H,7H2,1-3H3,(H,18,21)(H,19,20)/t12-/m0/s1. The van der Waals surface area contributed by atoms with Gasteiger partial charge in [-0.1, -0.05) is 17.7 Å². The van der Waals surface area contributed by atoms with Crippen molar-refractivity contribution in [2.75, 3.05) is 0 Å². The van der Waals surface area contributed by atoms with E-state index in [2.05, 4.69) is 5.32 Å². The number of nitrogens with one attached hydrogen (secondary N) is 1.